The molecule has 3 rings (SSSR count). The Hall–Kier alpha value is -1.76. The smallest absolute Gasteiger partial charge is 0.240 e. The van der Waals surface area contributed by atoms with Gasteiger partial charge in [0.1, 0.15) is 6.04 Å². The first-order chi connectivity index (χ1) is 10.6. The number of benzene rings is 1. The minimum Gasteiger partial charge on any atom is -0.351 e. The van der Waals surface area contributed by atoms with Crippen molar-refractivity contribution < 1.29 is 10.0 Å². The van der Waals surface area contributed by atoms with Crippen LogP contribution >= 0.6 is 11.3 Å². The van der Waals surface area contributed by atoms with Gasteiger partial charge < -0.3 is 10.5 Å². The van der Waals surface area contributed by atoms with Gasteiger partial charge in [0, 0.05) is 13.1 Å². The fraction of sp³-hybridized carbons (Fsp3) is 0.375. The number of hydrogen-bond donors (Lipinski definition) is 2. The zero-order valence-corrected chi connectivity index (χ0v) is 13.3. The van der Waals surface area contributed by atoms with Crippen LogP contribution < -0.4 is 5.32 Å². The fourth-order valence-electron chi connectivity index (χ4n) is 2.68. The van der Waals surface area contributed by atoms with Crippen molar-refractivity contribution in [3.63, 3.8) is 0 Å². The number of hydroxylamine groups is 2. The van der Waals surface area contributed by atoms with E-state index in [0.717, 1.165) is 28.3 Å². The number of aromatic nitrogens is 1. The van der Waals surface area contributed by atoms with E-state index in [4.69, 9.17) is 0 Å². The van der Waals surface area contributed by atoms with Crippen LogP contribution in [0.3, 0.4) is 0 Å². The van der Waals surface area contributed by atoms with Crippen LogP contribution in [0.2, 0.25) is 0 Å². The molecule has 2 aromatic rings. The van der Waals surface area contributed by atoms with Crippen molar-refractivity contribution in [1.82, 2.24) is 15.4 Å². The predicted molar refractivity (Wildman–Crippen MR) is 85.6 cm³/mol. The summed E-state index contributed by atoms with van der Waals surface area (Å²) in [6.45, 7) is 3.05. The van der Waals surface area contributed by atoms with Gasteiger partial charge in [-0.2, -0.15) is 5.06 Å². The zero-order valence-electron chi connectivity index (χ0n) is 12.5. The number of nitrogens with zero attached hydrogens (tertiary/aromatic N) is 2. The van der Waals surface area contributed by atoms with E-state index in [-0.39, 0.29) is 5.91 Å². The maximum absolute atomic E-state index is 12.0. The molecule has 2 N–H and O–H groups in total. The molecule has 1 saturated heterocycles. The molecule has 0 bridgehead atoms. The van der Waals surface area contributed by atoms with E-state index >= 15 is 0 Å². The summed E-state index contributed by atoms with van der Waals surface area (Å²) < 4.78 is 0. The van der Waals surface area contributed by atoms with Crippen molar-refractivity contribution in [2.45, 2.75) is 32.4 Å². The number of nitrogens with one attached hydrogen (secondary N) is 1. The second-order valence-electron chi connectivity index (χ2n) is 5.50. The van der Waals surface area contributed by atoms with Crippen LogP contribution in [0.25, 0.3) is 10.4 Å². The van der Waals surface area contributed by atoms with Crippen LogP contribution in [-0.4, -0.2) is 33.7 Å². The Morgan fingerprint density at radius 3 is 2.82 bits per heavy atom. The highest BCUT2D eigenvalue weighted by molar-refractivity contribution is 7.13. The van der Waals surface area contributed by atoms with E-state index in [9.17, 15) is 10.0 Å². The second-order valence-corrected chi connectivity index (χ2v) is 6.36. The molecule has 1 aromatic carbocycles. The van der Waals surface area contributed by atoms with Gasteiger partial charge in [-0.1, -0.05) is 24.3 Å². The molecule has 1 atom stereocenters. The Kier molecular flexibility index (Phi) is 4.52. The number of rotatable bonds is 4. The van der Waals surface area contributed by atoms with Crippen molar-refractivity contribution in [3.05, 3.63) is 41.0 Å². The molecule has 6 heteroatoms. The van der Waals surface area contributed by atoms with E-state index in [2.05, 4.69) is 22.4 Å². The fourth-order valence-corrected chi connectivity index (χ4v) is 3.49. The first-order valence-electron chi connectivity index (χ1n) is 7.38. The van der Waals surface area contributed by atoms with Gasteiger partial charge in [-0.05, 0) is 30.9 Å². The molecule has 1 aliphatic rings. The molecule has 1 fully saturated rings. The van der Waals surface area contributed by atoms with Gasteiger partial charge in [0.15, 0.2) is 0 Å². The normalized spacial score (nSPS) is 18.5. The van der Waals surface area contributed by atoms with Crippen molar-refractivity contribution in [2.24, 2.45) is 0 Å². The summed E-state index contributed by atoms with van der Waals surface area (Å²) in [7, 11) is 0. The molecule has 22 heavy (non-hydrogen) atoms. The molecule has 1 aliphatic heterocycles. The van der Waals surface area contributed by atoms with E-state index < -0.39 is 6.04 Å². The van der Waals surface area contributed by atoms with Crippen LogP contribution in [0.5, 0.6) is 0 Å². The monoisotopic (exact) mass is 317 g/mol. The first kappa shape index (κ1) is 15.1. The summed E-state index contributed by atoms with van der Waals surface area (Å²) in [6, 6.07) is 7.73. The molecule has 2 heterocycles. The number of carbonyl (C=O) groups is 1. The third-order valence-corrected chi connectivity index (χ3v) is 4.93. The van der Waals surface area contributed by atoms with E-state index in [1.165, 1.54) is 4.88 Å². The molecule has 0 saturated carbocycles. The molecule has 0 spiro atoms. The van der Waals surface area contributed by atoms with Crippen LogP contribution in [-0.2, 0) is 11.3 Å². The molecule has 116 valence electrons. The maximum atomic E-state index is 12.0. The van der Waals surface area contributed by atoms with Crippen molar-refractivity contribution in [3.8, 4) is 10.4 Å². The molecule has 1 aromatic heterocycles. The highest BCUT2D eigenvalue weighted by Crippen LogP contribution is 2.27. The molecular weight excluding hydrogens is 298 g/mol. The van der Waals surface area contributed by atoms with E-state index in [0.29, 0.717) is 19.5 Å². The summed E-state index contributed by atoms with van der Waals surface area (Å²) in [6.07, 6.45) is 1.57. The second kappa shape index (κ2) is 6.56. The quantitative estimate of drug-likeness (QED) is 0.910. The largest absolute Gasteiger partial charge is 0.351 e. The SMILES string of the molecule is Cc1ncsc1-c1ccc(CNC(=O)C2CCCN2O)cc1. The van der Waals surface area contributed by atoms with Crippen LogP contribution in [0, 0.1) is 6.92 Å². The third-order valence-electron chi connectivity index (χ3n) is 3.96. The lowest BCUT2D eigenvalue weighted by atomic mass is 10.1. The van der Waals surface area contributed by atoms with E-state index in [1.807, 2.05) is 24.6 Å². The van der Waals surface area contributed by atoms with Crippen LogP contribution in [0.15, 0.2) is 29.8 Å². The number of aryl methyl sites for hydroxylation is 1. The minimum absolute atomic E-state index is 0.109. The standard InChI is InChI=1S/C16H19N3O2S/c1-11-15(22-10-18-11)13-6-4-12(5-7-13)9-17-16(20)14-3-2-8-19(14)21/h4-7,10,14,21H,2-3,8-9H2,1H3,(H,17,20). The lowest BCUT2D eigenvalue weighted by Crippen LogP contribution is -2.41. The predicted octanol–water partition coefficient (Wildman–Crippen LogP) is 2.59. The number of hydrogen-bond acceptors (Lipinski definition) is 5. The highest BCUT2D eigenvalue weighted by Gasteiger charge is 2.29. The zero-order chi connectivity index (χ0) is 15.5. The lowest BCUT2D eigenvalue weighted by molar-refractivity contribution is -0.145. The number of carbonyl (C=O) groups excluding carboxylic acids is 1. The van der Waals surface area contributed by atoms with Crippen molar-refractivity contribution >= 4 is 17.2 Å². The average molecular weight is 317 g/mol. The molecule has 0 aliphatic carbocycles. The summed E-state index contributed by atoms with van der Waals surface area (Å²) in [5, 5.41) is 13.6. The minimum atomic E-state index is -0.404. The van der Waals surface area contributed by atoms with Gasteiger partial charge >= 0.3 is 0 Å². The summed E-state index contributed by atoms with van der Waals surface area (Å²) in [5.41, 5.74) is 5.07. The van der Waals surface area contributed by atoms with Gasteiger partial charge in [-0.25, -0.2) is 4.98 Å². The highest BCUT2D eigenvalue weighted by atomic mass is 32.1. The molecule has 1 amide bonds. The number of amides is 1. The topological polar surface area (TPSA) is 65.5 Å². The lowest BCUT2D eigenvalue weighted by Gasteiger charge is -2.17. The van der Waals surface area contributed by atoms with Gasteiger partial charge in [-0.15, -0.1) is 11.3 Å². The Labute approximate surface area is 133 Å². The molecular formula is C16H19N3O2S. The van der Waals surface area contributed by atoms with Gasteiger partial charge in [-0.3, -0.25) is 4.79 Å². The Balaban J connectivity index is 1.60. The molecule has 1 unspecified atom stereocenters. The van der Waals surface area contributed by atoms with Crippen LogP contribution in [0.1, 0.15) is 24.1 Å². The van der Waals surface area contributed by atoms with Gasteiger partial charge in [0.05, 0.1) is 16.1 Å². The first-order valence-corrected chi connectivity index (χ1v) is 8.26. The summed E-state index contributed by atoms with van der Waals surface area (Å²) in [4.78, 5) is 17.4. The Morgan fingerprint density at radius 1 is 1.45 bits per heavy atom. The average Bonchev–Trinajstić information content (AvgIpc) is 3.14. The van der Waals surface area contributed by atoms with E-state index in [1.54, 1.807) is 11.3 Å². The van der Waals surface area contributed by atoms with Gasteiger partial charge in [0.25, 0.3) is 0 Å². The van der Waals surface area contributed by atoms with Crippen LogP contribution in [0.4, 0.5) is 0 Å². The number of thiazole rings is 1. The summed E-state index contributed by atoms with van der Waals surface area (Å²) in [5.74, 6) is -0.109. The van der Waals surface area contributed by atoms with Gasteiger partial charge in [0.2, 0.25) is 5.91 Å². The van der Waals surface area contributed by atoms with Crippen molar-refractivity contribution in [2.75, 3.05) is 6.54 Å². The Morgan fingerprint density at radius 2 is 2.23 bits per heavy atom. The van der Waals surface area contributed by atoms with Crippen molar-refractivity contribution in [1.29, 1.82) is 0 Å². The summed E-state index contributed by atoms with van der Waals surface area (Å²) >= 11 is 1.63. The molecule has 0 radical (unpaired) electrons. The molecule has 5 nitrogen and oxygen atoms in total. The maximum Gasteiger partial charge on any atom is 0.240 e. The third kappa shape index (κ3) is 3.19. The Bertz CT molecular complexity index is 654.